The van der Waals surface area contributed by atoms with Gasteiger partial charge in [-0.2, -0.15) is 0 Å². The lowest BCUT2D eigenvalue weighted by Crippen LogP contribution is -2.22. The first-order chi connectivity index (χ1) is 9.50. The summed E-state index contributed by atoms with van der Waals surface area (Å²) in [5.74, 6) is -0.0480. The Kier molecular flexibility index (Phi) is 5.54. The average Bonchev–Trinajstić information content (AvgIpc) is 2.32. The fraction of sp³-hybridized carbons (Fsp3) is 0.500. The molecule has 0 N–H and O–H groups in total. The molecule has 0 aliphatic carbocycles. The van der Waals surface area contributed by atoms with Crippen molar-refractivity contribution < 1.29 is 22.8 Å². The Morgan fingerprint density at radius 1 is 1.29 bits per heavy atom. The fourth-order valence-electron chi connectivity index (χ4n) is 1.42. The van der Waals surface area contributed by atoms with Crippen molar-refractivity contribution in [3.63, 3.8) is 0 Å². The summed E-state index contributed by atoms with van der Waals surface area (Å²) in [6.45, 7) is 5.94. The van der Waals surface area contributed by atoms with Crippen LogP contribution >= 0.6 is 10.7 Å². The maximum absolute atomic E-state index is 11.5. The Morgan fingerprint density at radius 3 is 2.38 bits per heavy atom. The molecule has 21 heavy (non-hydrogen) atoms. The predicted octanol–water partition coefficient (Wildman–Crippen LogP) is 2.72. The van der Waals surface area contributed by atoms with Gasteiger partial charge < -0.3 is 9.47 Å². The van der Waals surface area contributed by atoms with E-state index in [2.05, 4.69) is 0 Å². The number of hydrogen-bond acceptors (Lipinski definition) is 6. The Hall–Kier alpha value is -1.38. The number of nitro groups is 1. The summed E-state index contributed by atoms with van der Waals surface area (Å²) in [7, 11) is 1.11. The van der Waals surface area contributed by atoms with Crippen molar-refractivity contribution in [3.8, 4) is 5.75 Å². The zero-order valence-electron chi connectivity index (χ0n) is 11.8. The molecule has 0 saturated carbocycles. The number of halogens is 1. The van der Waals surface area contributed by atoms with Gasteiger partial charge in [-0.1, -0.05) is 0 Å². The maximum Gasteiger partial charge on any atom is 0.271 e. The molecule has 0 saturated heterocycles. The highest BCUT2D eigenvalue weighted by molar-refractivity contribution is 8.13. The minimum absolute atomic E-state index is 0.0480. The summed E-state index contributed by atoms with van der Waals surface area (Å²) in [5.41, 5.74) is -0.729. The molecule has 9 heteroatoms. The highest BCUT2D eigenvalue weighted by atomic mass is 35.7. The molecule has 0 radical (unpaired) electrons. The van der Waals surface area contributed by atoms with Crippen LogP contribution in [-0.2, 0) is 13.8 Å². The Bertz CT molecular complexity index is 623. The Labute approximate surface area is 127 Å². The standard InChI is InChI=1S/C12H16ClNO6S/c1-12(2,3)20-7-6-19-10-5-4-9(14(15)16)8-11(10)21(13,17)18/h4-5,8H,6-7H2,1-3H3. The van der Waals surface area contributed by atoms with Gasteiger partial charge >= 0.3 is 0 Å². The van der Waals surface area contributed by atoms with Crippen molar-refractivity contribution in [1.82, 2.24) is 0 Å². The van der Waals surface area contributed by atoms with E-state index in [1.807, 2.05) is 20.8 Å². The fourth-order valence-corrected chi connectivity index (χ4v) is 2.41. The van der Waals surface area contributed by atoms with E-state index in [1.165, 1.54) is 6.07 Å². The van der Waals surface area contributed by atoms with E-state index in [-0.39, 0.29) is 30.3 Å². The third-order valence-corrected chi connectivity index (χ3v) is 3.62. The summed E-state index contributed by atoms with van der Waals surface area (Å²) in [6.07, 6.45) is 0. The van der Waals surface area contributed by atoms with Crippen LogP contribution < -0.4 is 4.74 Å². The van der Waals surface area contributed by atoms with Crippen molar-refractivity contribution in [1.29, 1.82) is 0 Å². The Balaban J connectivity index is 2.89. The zero-order valence-corrected chi connectivity index (χ0v) is 13.4. The van der Waals surface area contributed by atoms with Gasteiger partial charge in [0.1, 0.15) is 17.3 Å². The summed E-state index contributed by atoms with van der Waals surface area (Å²) in [5, 5.41) is 10.7. The SMILES string of the molecule is CC(C)(C)OCCOc1ccc([N+](=O)[O-])cc1S(=O)(=O)Cl. The number of nitrogens with zero attached hydrogens (tertiary/aromatic N) is 1. The van der Waals surface area contributed by atoms with Gasteiger partial charge in [0.05, 0.1) is 17.1 Å². The highest BCUT2D eigenvalue weighted by Gasteiger charge is 2.21. The minimum Gasteiger partial charge on any atom is -0.490 e. The van der Waals surface area contributed by atoms with E-state index in [0.29, 0.717) is 0 Å². The van der Waals surface area contributed by atoms with Gasteiger partial charge in [0.15, 0.2) is 0 Å². The van der Waals surface area contributed by atoms with Gasteiger partial charge in [-0.15, -0.1) is 0 Å². The molecular weight excluding hydrogens is 322 g/mol. The molecule has 0 aromatic heterocycles. The summed E-state index contributed by atoms with van der Waals surface area (Å²) in [4.78, 5) is 9.52. The van der Waals surface area contributed by atoms with Crippen LogP contribution in [0.3, 0.4) is 0 Å². The van der Waals surface area contributed by atoms with E-state index >= 15 is 0 Å². The molecule has 0 heterocycles. The molecule has 0 bridgehead atoms. The number of benzene rings is 1. The topological polar surface area (TPSA) is 95.7 Å². The lowest BCUT2D eigenvalue weighted by molar-refractivity contribution is -0.385. The van der Waals surface area contributed by atoms with Gasteiger partial charge in [-0.25, -0.2) is 8.42 Å². The summed E-state index contributed by atoms with van der Waals surface area (Å²) >= 11 is 0. The molecule has 0 aliphatic heterocycles. The molecule has 0 unspecified atom stereocenters. The van der Waals surface area contributed by atoms with E-state index < -0.39 is 18.9 Å². The normalized spacial score (nSPS) is 12.2. The van der Waals surface area contributed by atoms with Crippen LogP contribution in [0.15, 0.2) is 23.1 Å². The monoisotopic (exact) mass is 337 g/mol. The second kappa shape index (κ2) is 6.59. The summed E-state index contributed by atoms with van der Waals surface area (Å²) < 4.78 is 33.6. The largest absolute Gasteiger partial charge is 0.490 e. The molecule has 7 nitrogen and oxygen atoms in total. The van der Waals surface area contributed by atoms with E-state index in [0.717, 1.165) is 12.1 Å². The lowest BCUT2D eigenvalue weighted by atomic mass is 10.2. The number of nitro benzene ring substituents is 1. The van der Waals surface area contributed by atoms with Gasteiger partial charge in [-0.05, 0) is 26.8 Å². The van der Waals surface area contributed by atoms with Gasteiger partial charge in [-0.3, -0.25) is 10.1 Å². The second-order valence-corrected chi connectivity index (χ2v) is 7.67. The third-order valence-electron chi connectivity index (χ3n) is 2.28. The first kappa shape index (κ1) is 17.7. The lowest BCUT2D eigenvalue weighted by Gasteiger charge is -2.19. The van der Waals surface area contributed by atoms with E-state index in [4.69, 9.17) is 20.2 Å². The van der Waals surface area contributed by atoms with Crippen LogP contribution in [0.4, 0.5) is 5.69 Å². The van der Waals surface area contributed by atoms with Crippen LogP contribution in [0.1, 0.15) is 20.8 Å². The van der Waals surface area contributed by atoms with E-state index in [9.17, 15) is 18.5 Å². The molecule has 1 aromatic carbocycles. The molecule has 1 rings (SSSR count). The van der Waals surface area contributed by atoms with E-state index in [1.54, 1.807) is 0 Å². The van der Waals surface area contributed by atoms with Crippen molar-refractivity contribution >= 4 is 25.4 Å². The smallest absolute Gasteiger partial charge is 0.271 e. The molecule has 0 spiro atoms. The molecule has 0 fully saturated rings. The van der Waals surface area contributed by atoms with Crippen molar-refractivity contribution in [2.24, 2.45) is 0 Å². The Morgan fingerprint density at radius 2 is 1.90 bits per heavy atom. The van der Waals surface area contributed by atoms with Gasteiger partial charge in [0, 0.05) is 22.8 Å². The van der Waals surface area contributed by atoms with Crippen LogP contribution in [0.5, 0.6) is 5.75 Å². The highest BCUT2D eigenvalue weighted by Crippen LogP contribution is 2.30. The first-order valence-electron chi connectivity index (χ1n) is 6.00. The maximum atomic E-state index is 11.5. The first-order valence-corrected chi connectivity index (χ1v) is 8.31. The minimum atomic E-state index is -4.15. The predicted molar refractivity (Wildman–Crippen MR) is 77.3 cm³/mol. The number of ether oxygens (including phenoxy) is 2. The van der Waals surface area contributed by atoms with Crippen molar-refractivity contribution in [3.05, 3.63) is 28.3 Å². The summed E-state index contributed by atoms with van der Waals surface area (Å²) in [6, 6.07) is 3.21. The number of non-ortho nitro benzene ring substituents is 1. The molecular formula is C12H16ClNO6S. The van der Waals surface area contributed by atoms with Gasteiger partial charge in [0.2, 0.25) is 0 Å². The molecule has 0 aliphatic rings. The van der Waals surface area contributed by atoms with Crippen LogP contribution in [0, 0.1) is 10.1 Å². The zero-order chi connectivity index (χ0) is 16.3. The van der Waals surface area contributed by atoms with Crippen LogP contribution in [0.2, 0.25) is 0 Å². The molecule has 0 amide bonds. The molecule has 1 aromatic rings. The quantitative estimate of drug-likeness (QED) is 0.343. The second-order valence-electron chi connectivity index (χ2n) is 5.14. The average molecular weight is 338 g/mol. The number of rotatable bonds is 6. The molecule has 118 valence electrons. The van der Waals surface area contributed by atoms with Crippen LogP contribution in [-0.4, -0.2) is 32.2 Å². The third kappa shape index (κ3) is 5.86. The van der Waals surface area contributed by atoms with Crippen molar-refractivity contribution in [2.45, 2.75) is 31.3 Å². The number of hydrogen-bond donors (Lipinski definition) is 0. The molecule has 0 atom stereocenters. The van der Waals surface area contributed by atoms with Gasteiger partial charge in [0.25, 0.3) is 14.7 Å². The van der Waals surface area contributed by atoms with Crippen LogP contribution in [0.25, 0.3) is 0 Å². The van der Waals surface area contributed by atoms with Crippen molar-refractivity contribution in [2.75, 3.05) is 13.2 Å².